The molecule has 4 heteroatoms. The normalized spacial score (nSPS) is 11.2. The van der Waals surface area contributed by atoms with Crippen molar-refractivity contribution in [3.05, 3.63) is 73.3 Å². The maximum atomic E-state index is 5.90. The Balaban J connectivity index is 2.12. The Morgan fingerprint density at radius 3 is 1.67 bits per heavy atom. The highest BCUT2D eigenvalue weighted by molar-refractivity contribution is 7.42. The number of hydrogen-bond donors (Lipinski definition) is 0. The largest absolute Gasteiger partial charge is 0.463 e. The topological polar surface area (TPSA) is 27.7 Å². The summed E-state index contributed by atoms with van der Waals surface area (Å²) in [6.07, 6.45) is 1.73. The molecule has 110 valence electrons. The SMILES string of the molecule is C=CC(C)(C)OP(Oc1ccccc1)Oc1ccccc1. The molecule has 0 aliphatic heterocycles. The summed E-state index contributed by atoms with van der Waals surface area (Å²) in [5.41, 5.74) is -0.532. The van der Waals surface area contributed by atoms with Crippen LogP contribution < -0.4 is 9.05 Å². The van der Waals surface area contributed by atoms with Crippen LogP contribution >= 0.6 is 8.60 Å². The quantitative estimate of drug-likeness (QED) is 0.509. The minimum Gasteiger partial charge on any atom is -0.418 e. The summed E-state index contributed by atoms with van der Waals surface area (Å²) in [5.74, 6) is 1.42. The molecular formula is C17H19O3P. The summed E-state index contributed by atoms with van der Waals surface area (Å²) in [6, 6.07) is 19.0. The van der Waals surface area contributed by atoms with Crippen LogP contribution in [0, 0.1) is 0 Å². The van der Waals surface area contributed by atoms with Gasteiger partial charge < -0.3 is 9.05 Å². The fraction of sp³-hybridized carbons (Fsp3) is 0.176. The number of rotatable bonds is 7. The molecule has 0 amide bonds. The highest BCUT2D eigenvalue weighted by Gasteiger charge is 2.26. The van der Waals surface area contributed by atoms with Gasteiger partial charge >= 0.3 is 8.60 Å². The Kier molecular flexibility index (Phi) is 5.38. The molecule has 0 heterocycles. The van der Waals surface area contributed by atoms with Crippen LogP contribution in [0.1, 0.15) is 13.8 Å². The molecule has 2 aromatic rings. The van der Waals surface area contributed by atoms with Crippen molar-refractivity contribution in [1.82, 2.24) is 0 Å². The molecule has 0 fully saturated rings. The van der Waals surface area contributed by atoms with Crippen LogP contribution in [0.4, 0.5) is 0 Å². The second-order valence-electron chi connectivity index (χ2n) is 4.93. The first-order valence-corrected chi connectivity index (χ1v) is 7.77. The summed E-state index contributed by atoms with van der Waals surface area (Å²) in [4.78, 5) is 0. The van der Waals surface area contributed by atoms with Gasteiger partial charge in [-0.2, -0.15) is 0 Å². The molecule has 0 aliphatic carbocycles. The standard InChI is InChI=1S/C17H19O3P/c1-4-17(2,3)20-21(18-15-11-7-5-8-12-15)19-16-13-9-6-10-14-16/h4-14H,1H2,2-3H3. The monoisotopic (exact) mass is 302 g/mol. The van der Waals surface area contributed by atoms with E-state index in [1.807, 2.05) is 74.5 Å². The first-order chi connectivity index (χ1) is 10.1. The molecule has 3 nitrogen and oxygen atoms in total. The molecule has 0 aromatic heterocycles. The maximum absolute atomic E-state index is 5.90. The first kappa shape index (κ1) is 15.6. The number of para-hydroxylation sites is 2. The third kappa shape index (κ3) is 5.22. The van der Waals surface area contributed by atoms with E-state index >= 15 is 0 Å². The fourth-order valence-corrected chi connectivity index (χ4v) is 2.58. The third-order valence-corrected chi connectivity index (χ3v) is 3.99. The van der Waals surface area contributed by atoms with Crippen LogP contribution in [0.15, 0.2) is 73.3 Å². The van der Waals surface area contributed by atoms with Crippen LogP contribution in [0.25, 0.3) is 0 Å². The molecule has 0 N–H and O–H groups in total. The molecule has 0 saturated heterocycles. The third-order valence-electron chi connectivity index (χ3n) is 2.65. The average Bonchev–Trinajstić information content (AvgIpc) is 2.49. The van der Waals surface area contributed by atoms with E-state index in [2.05, 4.69) is 6.58 Å². The highest BCUT2D eigenvalue weighted by atomic mass is 31.2. The minimum absolute atomic E-state index is 0.532. The zero-order valence-electron chi connectivity index (χ0n) is 12.2. The van der Waals surface area contributed by atoms with Crippen LogP contribution in [-0.4, -0.2) is 5.60 Å². The van der Waals surface area contributed by atoms with Crippen molar-refractivity contribution in [1.29, 1.82) is 0 Å². The van der Waals surface area contributed by atoms with E-state index in [9.17, 15) is 0 Å². The van der Waals surface area contributed by atoms with Gasteiger partial charge in [0.25, 0.3) is 0 Å². The van der Waals surface area contributed by atoms with Crippen molar-refractivity contribution in [2.24, 2.45) is 0 Å². The smallest absolute Gasteiger partial charge is 0.418 e. The van der Waals surface area contributed by atoms with Gasteiger partial charge in [-0.25, -0.2) is 0 Å². The van der Waals surface area contributed by atoms with Crippen LogP contribution in [0.5, 0.6) is 11.5 Å². The molecule has 0 saturated carbocycles. The molecule has 0 radical (unpaired) electrons. The molecular weight excluding hydrogens is 283 g/mol. The van der Waals surface area contributed by atoms with Crippen LogP contribution in [0.3, 0.4) is 0 Å². The molecule has 21 heavy (non-hydrogen) atoms. The molecule has 2 aromatic carbocycles. The summed E-state index contributed by atoms with van der Waals surface area (Å²) in [7, 11) is -1.58. The van der Waals surface area contributed by atoms with Gasteiger partial charge in [-0.1, -0.05) is 42.5 Å². The van der Waals surface area contributed by atoms with E-state index in [0.29, 0.717) is 11.5 Å². The van der Waals surface area contributed by atoms with E-state index in [1.54, 1.807) is 6.08 Å². The van der Waals surface area contributed by atoms with E-state index in [-0.39, 0.29) is 0 Å². The Bertz CT molecular complexity index is 513. The van der Waals surface area contributed by atoms with E-state index < -0.39 is 14.2 Å². The van der Waals surface area contributed by atoms with Crippen molar-refractivity contribution in [3.8, 4) is 11.5 Å². The lowest BCUT2D eigenvalue weighted by atomic mass is 10.1. The molecule has 0 aliphatic rings. The van der Waals surface area contributed by atoms with Crippen molar-refractivity contribution in [2.45, 2.75) is 19.4 Å². The maximum Gasteiger partial charge on any atom is 0.463 e. The van der Waals surface area contributed by atoms with Crippen LogP contribution in [-0.2, 0) is 4.52 Å². The van der Waals surface area contributed by atoms with Gasteiger partial charge in [0.05, 0.1) is 5.60 Å². The lowest BCUT2D eigenvalue weighted by Gasteiger charge is -2.25. The molecule has 0 atom stereocenters. The Morgan fingerprint density at radius 1 is 0.857 bits per heavy atom. The van der Waals surface area contributed by atoms with Gasteiger partial charge in [0, 0.05) is 0 Å². The highest BCUT2D eigenvalue weighted by Crippen LogP contribution is 2.44. The van der Waals surface area contributed by atoms with Crippen molar-refractivity contribution >= 4 is 8.60 Å². The zero-order chi connectivity index (χ0) is 15.1. The van der Waals surface area contributed by atoms with Crippen molar-refractivity contribution < 1.29 is 13.6 Å². The first-order valence-electron chi connectivity index (χ1n) is 6.68. The second-order valence-corrected chi connectivity index (χ2v) is 5.93. The van der Waals surface area contributed by atoms with Crippen molar-refractivity contribution in [3.63, 3.8) is 0 Å². The predicted molar refractivity (Wildman–Crippen MR) is 86.4 cm³/mol. The Morgan fingerprint density at radius 2 is 1.29 bits per heavy atom. The fourth-order valence-electron chi connectivity index (χ4n) is 1.42. The van der Waals surface area contributed by atoms with Gasteiger partial charge in [-0.3, -0.25) is 4.52 Å². The van der Waals surface area contributed by atoms with Gasteiger partial charge in [0.1, 0.15) is 11.5 Å². The summed E-state index contributed by atoms with van der Waals surface area (Å²) in [6.45, 7) is 7.60. The van der Waals surface area contributed by atoms with Gasteiger partial charge in [0.15, 0.2) is 0 Å². The summed E-state index contributed by atoms with van der Waals surface area (Å²) in [5, 5.41) is 0. The molecule has 0 unspecified atom stereocenters. The lowest BCUT2D eigenvalue weighted by molar-refractivity contribution is 0.143. The van der Waals surface area contributed by atoms with Gasteiger partial charge in [-0.05, 0) is 38.1 Å². The summed E-state index contributed by atoms with van der Waals surface area (Å²) < 4.78 is 17.6. The molecule has 0 spiro atoms. The minimum atomic E-state index is -1.58. The van der Waals surface area contributed by atoms with E-state index in [4.69, 9.17) is 13.6 Å². The Labute approximate surface area is 127 Å². The molecule has 0 bridgehead atoms. The predicted octanol–water partition coefficient (Wildman–Crippen LogP) is 5.35. The van der Waals surface area contributed by atoms with Gasteiger partial charge in [-0.15, -0.1) is 6.58 Å². The zero-order valence-corrected chi connectivity index (χ0v) is 13.1. The van der Waals surface area contributed by atoms with Gasteiger partial charge in [0.2, 0.25) is 0 Å². The average molecular weight is 302 g/mol. The second kappa shape index (κ2) is 7.26. The number of benzene rings is 2. The van der Waals surface area contributed by atoms with Crippen molar-refractivity contribution in [2.75, 3.05) is 0 Å². The van der Waals surface area contributed by atoms with Crippen LogP contribution in [0.2, 0.25) is 0 Å². The number of hydrogen-bond acceptors (Lipinski definition) is 3. The van der Waals surface area contributed by atoms with E-state index in [0.717, 1.165) is 0 Å². The lowest BCUT2D eigenvalue weighted by Crippen LogP contribution is -2.20. The molecule has 2 rings (SSSR count). The Hall–Kier alpha value is -1.83. The summed E-state index contributed by atoms with van der Waals surface area (Å²) >= 11 is 0. The van der Waals surface area contributed by atoms with E-state index in [1.165, 1.54) is 0 Å².